The molecule has 0 atom stereocenters. The molecule has 4 heteroatoms. The first-order valence-corrected chi connectivity index (χ1v) is 5.75. The van der Waals surface area contributed by atoms with Gasteiger partial charge in [0.2, 0.25) is 0 Å². The van der Waals surface area contributed by atoms with Crippen LogP contribution in [0.25, 0.3) is 10.8 Å². The Kier molecular flexibility index (Phi) is 2.95. The number of anilines is 1. The molecule has 4 nitrogen and oxygen atoms in total. The highest BCUT2D eigenvalue weighted by atomic mass is 16.4. The number of carbonyl (C=O) groups is 1. The lowest BCUT2D eigenvalue weighted by molar-refractivity contribution is -0.142. The normalized spacial score (nSPS) is 11.5. The van der Waals surface area contributed by atoms with Crippen LogP contribution >= 0.6 is 0 Å². The molecule has 2 aromatic rings. The number of aliphatic carboxylic acids is 1. The fourth-order valence-corrected chi connectivity index (χ4v) is 1.78. The molecule has 0 amide bonds. The smallest absolute Gasteiger partial charge is 0.328 e. The number of carboxylic acid groups (broad SMARTS) is 1. The molecule has 1 aromatic carbocycles. The zero-order valence-electron chi connectivity index (χ0n) is 10.7. The van der Waals surface area contributed by atoms with Crippen molar-refractivity contribution in [3.63, 3.8) is 0 Å². The van der Waals surface area contributed by atoms with Gasteiger partial charge in [0.25, 0.3) is 0 Å². The van der Waals surface area contributed by atoms with Crippen LogP contribution < -0.4 is 4.90 Å². The van der Waals surface area contributed by atoms with Crippen LogP contribution in [-0.4, -0.2) is 28.6 Å². The lowest BCUT2D eigenvalue weighted by Gasteiger charge is -2.33. The first-order chi connectivity index (χ1) is 8.44. The van der Waals surface area contributed by atoms with E-state index >= 15 is 0 Å². The van der Waals surface area contributed by atoms with Crippen molar-refractivity contribution in [2.45, 2.75) is 19.4 Å². The molecule has 0 saturated carbocycles. The van der Waals surface area contributed by atoms with Gasteiger partial charge in [-0.2, -0.15) is 0 Å². The molecule has 94 valence electrons. The number of carboxylic acids is 1. The number of benzene rings is 1. The van der Waals surface area contributed by atoms with Gasteiger partial charge in [0.15, 0.2) is 0 Å². The summed E-state index contributed by atoms with van der Waals surface area (Å²) in [5.41, 5.74) is -1.00. The second kappa shape index (κ2) is 4.29. The Morgan fingerprint density at radius 3 is 2.61 bits per heavy atom. The molecule has 2 rings (SSSR count). The first kappa shape index (κ1) is 12.4. The summed E-state index contributed by atoms with van der Waals surface area (Å²) in [6.07, 6.45) is 1.70. The van der Waals surface area contributed by atoms with E-state index in [1.807, 2.05) is 30.3 Å². The number of aromatic nitrogens is 1. The molecule has 0 radical (unpaired) electrons. The molecule has 0 saturated heterocycles. The lowest BCUT2D eigenvalue weighted by atomic mass is 10.0. The van der Waals surface area contributed by atoms with Crippen LogP contribution in [-0.2, 0) is 4.79 Å². The van der Waals surface area contributed by atoms with E-state index in [-0.39, 0.29) is 0 Å². The minimum absolute atomic E-state index is 0.681. The fraction of sp³-hybridized carbons (Fsp3) is 0.286. The van der Waals surface area contributed by atoms with Crippen LogP contribution in [0.3, 0.4) is 0 Å². The van der Waals surface area contributed by atoms with Gasteiger partial charge in [-0.1, -0.05) is 24.3 Å². The van der Waals surface area contributed by atoms with Gasteiger partial charge < -0.3 is 10.0 Å². The summed E-state index contributed by atoms with van der Waals surface area (Å²) in [4.78, 5) is 17.3. The van der Waals surface area contributed by atoms with E-state index in [0.717, 1.165) is 10.8 Å². The van der Waals surface area contributed by atoms with Crippen LogP contribution in [0.2, 0.25) is 0 Å². The summed E-state index contributed by atoms with van der Waals surface area (Å²) >= 11 is 0. The number of fused-ring (bicyclic) bond motifs is 1. The number of nitrogens with zero attached hydrogens (tertiary/aromatic N) is 2. The van der Waals surface area contributed by atoms with Crippen molar-refractivity contribution in [2.24, 2.45) is 0 Å². The van der Waals surface area contributed by atoms with Gasteiger partial charge in [-0.3, -0.25) is 0 Å². The van der Waals surface area contributed by atoms with Crippen LogP contribution in [0.1, 0.15) is 13.8 Å². The van der Waals surface area contributed by atoms with E-state index in [4.69, 9.17) is 0 Å². The van der Waals surface area contributed by atoms with Gasteiger partial charge in [-0.25, -0.2) is 9.78 Å². The molecule has 0 aliphatic carbocycles. The molecule has 1 aromatic heterocycles. The summed E-state index contributed by atoms with van der Waals surface area (Å²) in [6, 6.07) is 9.73. The monoisotopic (exact) mass is 244 g/mol. The van der Waals surface area contributed by atoms with Gasteiger partial charge >= 0.3 is 5.97 Å². The van der Waals surface area contributed by atoms with Crippen LogP contribution in [0.4, 0.5) is 5.82 Å². The highest BCUT2D eigenvalue weighted by Crippen LogP contribution is 2.28. The SMILES string of the molecule is CN(c1nccc2ccccc12)C(C)(C)C(=O)O. The second-order valence-electron chi connectivity index (χ2n) is 4.78. The number of hydrogen-bond acceptors (Lipinski definition) is 3. The van der Waals surface area contributed by atoms with Crippen molar-refractivity contribution in [3.8, 4) is 0 Å². The average molecular weight is 244 g/mol. The predicted octanol–water partition coefficient (Wildman–Crippen LogP) is 2.53. The van der Waals surface area contributed by atoms with Crippen molar-refractivity contribution >= 4 is 22.6 Å². The number of hydrogen-bond donors (Lipinski definition) is 1. The molecule has 0 aliphatic rings. The van der Waals surface area contributed by atoms with E-state index in [1.165, 1.54) is 0 Å². The topological polar surface area (TPSA) is 53.4 Å². The maximum absolute atomic E-state index is 11.3. The molecule has 1 N–H and O–H groups in total. The quantitative estimate of drug-likeness (QED) is 0.901. The van der Waals surface area contributed by atoms with Gasteiger partial charge in [0.05, 0.1) is 0 Å². The Morgan fingerprint density at radius 2 is 1.94 bits per heavy atom. The van der Waals surface area contributed by atoms with Crippen molar-refractivity contribution < 1.29 is 9.90 Å². The Balaban J connectivity index is 2.58. The molecular weight excluding hydrogens is 228 g/mol. The summed E-state index contributed by atoms with van der Waals surface area (Å²) in [5.74, 6) is -0.194. The Bertz CT molecular complexity index is 588. The van der Waals surface area contributed by atoms with Crippen molar-refractivity contribution in [1.82, 2.24) is 4.98 Å². The molecular formula is C14H16N2O2. The standard InChI is InChI=1S/C14H16N2O2/c1-14(2,13(17)18)16(3)12-11-7-5-4-6-10(11)8-9-15-12/h4-9H,1-3H3,(H,17,18). The third-order valence-electron chi connectivity index (χ3n) is 3.33. The summed E-state index contributed by atoms with van der Waals surface area (Å²) in [5, 5.41) is 11.3. The largest absolute Gasteiger partial charge is 0.480 e. The van der Waals surface area contributed by atoms with Crippen LogP contribution in [0.15, 0.2) is 36.5 Å². The fourth-order valence-electron chi connectivity index (χ4n) is 1.78. The Hall–Kier alpha value is -2.10. The summed E-state index contributed by atoms with van der Waals surface area (Å²) < 4.78 is 0. The summed E-state index contributed by atoms with van der Waals surface area (Å²) in [6.45, 7) is 3.33. The molecule has 1 heterocycles. The third-order valence-corrected chi connectivity index (χ3v) is 3.33. The highest BCUT2D eigenvalue weighted by Gasteiger charge is 2.33. The van der Waals surface area contributed by atoms with Gasteiger partial charge in [-0.15, -0.1) is 0 Å². The van der Waals surface area contributed by atoms with Crippen LogP contribution in [0, 0.1) is 0 Å². The van der Waals surface area contributed by atoms with Crippen molar-refractivity contribution in [2.75, 3.05) is 11.9 Å². The Morgan fingerprint density at radius 1 is 1.28 bits per heavy atom. The number of rotatable bonds is 3. The van der Waals surface area contributed by atoms with Crippen LogP contribution in [0.5, 0.6) is 0 Å². The van der Waals surface area contributed by atoms with E-state index in [9.17, 15) is 9.90 Å². The number of likely N-dealkylation sites (N-methyl/N-ethyl adjacent to an activating group) is 1. The van der Waals surface area contributed by atoms with Gasteiger partial charge in [0, 0.05) is 18.6 Å². The second-order valence-corrected chi connectivity index (χ2v) is 4.78. The zero-order valence-corrected chi connectivity index (χ0v) is 10.7. The van der Waals surface area contributed by atoms with E-state index < -0.39 is 11.5 Å². The first-order valence-electron chi connectivity index (χ1n) is 5.75. The molecule has 0 fully saturated rings. The maximum Gasteiger partial charge on any atom is 0.328 e. The average Bonchev–Trinajstić information content (AvgIpc) is 2.37. The van der Waals surface area contributed by atoms with E-state index in [0.29, 0.717) is 5.82 Å². The van der Waals surface area contributed by atoms with Gasteiger partial charge in [0.1, 0.15) is 11.4 Å². The minimum atomic E-state index is -1.00. The van der Waals surface area contributed by atoms with Gasteiger partial charge in [-0.05, 0) is 25.3 Å². The predicted molar refractivity (Wildman–Crippen MR) is 71.9 cm³/mol. The molecule has 0 spiro atoms. The molecule has 0 aliphatic heterocycles. The van der Waals surface area contributed by atoms with E-state index in [2.05, 4.69) is 4.98 Å². The lowest BCUT2D eigenvalue weighted by Crippen LogP contribution is -2.48. The molecule has 18 heavy (non-hydrogen) atoms. The minimum Gasteiger partial charge on any atom is -0.480 e. The Labute approximate surface area is 106 Å². The zero-order chi connectivity index (χ0) is 13.3. The van der Waals surface area contributed by atoms with Crippen molar-refractivity contribution in [3.05, 3.63) is 36.5 Å². The van der Waals surface area contributed by atoms with E-state index in [1.54, 1.807) is 32.0 Å². The molecule has 0 bridgehead atoms. The third kappa shape index (κ3) is 1.90. The summed E-state index contributed by atoms with van der Waals surface area (Å²) in [7, 11) is 1.75. The highest BCUT2D eigenvalue weighted by molar-refractivity contribution is 5.94. The molecule has 0 unspecified atom stereocenters. The van der Waals surface area contributed by atoms with Crippen molar-refractivity contribution in [1.29, 1.82) is 0 Å². The maximum atomic E-state index is 11.3. The number of pyridine rings is 1.